The van der Waals surface area contributed by atoms with Crippen LogP contribution >= 0.6 is 0 Å². The van der Waals surface area contributed by atoms with Crippen LogP contribution in [0.1, 0.15) is 47.0 Å². The molecule has 0 saturated heterocycles. The maximum absolute atomic E-state index is 12.0. The molecule has 0 spiro atoms. The summed E-state index contributed by atoms with van der Waals surface area (Å²) in [6, 6.07) is 0.0967. The first kappa shape index (κ1) is 12.2. The van der Waals surface area contributed by atoms with Crippen molar-refractivity contribution in [3.8, 4) is 0 Å². The summed E-state index contributed by atoms with van der Waals surface area (Å²) < 4.78 is 12.0. The molecule has 1 rings (SSSR count). The molecule has 0 amide bonds. The van der Waals surface area contributed by atoms with Gasteiger partial charge in [-0.1, -0.05) is 34.1 Å². The van der Waals surface area contributed by atoms with Crippen molar-refractivity contribution in [1.82, 2.24) is 0 Å². The standard InChI is InChI=1S/C11H23NOS/c1-8(2)14(13)9-6-5-7-11(3,4)10(9)12/h8-10H,5-7,12H2,1-4H3. The van der Waals surface area contributed by atoms with Gasteiger partial charge >= 0.3 is 0 Å². The SMILES string of the molecule is CC(C)S(=O)C1CCCC(C)(C)C1N. The first-order valence-electron chi connectivity index (χ1n) is 5.51. The van der Waals surface area contributed by atoms with Gasteiger partial charge in [0.1, 0.15) is 0 Å². The zero-order valence-corrected chi connectivity index (χ0v) is 10.6. The molecule has 1 saturated carbocycles. The molecule has 3 atom stereocenters. The highest BCUT2D eigenvalue weighted by molar-refractivity contribution is 7.86. The predicted octanol–water partition coefficient (Wildman–Crippen LogP) is 2.05. The van der Waals surface area contributed by atoms with E-state index in [4.69, 9.17) is 5.73 Å². The monoisotopic (exact) mass is 217 g/mol. The molecule has 84 valence electrons. The Kier molecular flexibility index (Phi) is 3.75. The van der Waals surface area contributed by atoms with E-state index in [2.05, 4.69) is 13.8 Å². The van der Waals surface area contributed by atoms with Gasteiger partial charge < -0.3 is 5.73 Å². The molecule has 1 aliphatic carbocycles. The second kappa shape index (κ2) is 4.31. The summed E-state index contributed by atoms with van der Waals surface area (Å²) in [7, 11) is -0.760. The van der Waals surface area contributed by atoms with Crippen molar-refractivity contribution in [3.63, 3.8) is 0 Å². The summed E-state index contributed by atoms with van der Waals surface area (Å²) in [4.78, 5) is 0. The Morgan fingerprint density at radius 1 is 1.43 bits per heavy atom. The van der Waals surface area contributed by atoms with Crippen molar-refractivity contribution in [1.29, 1.82) is 0 Å². The average Bonchev–Trinajstić information content (AvgIpc) is 2.08. The number of hydrogen-bond acceptors (Lipinski definition) is 2. The van der Waals surface area contributed by atoms with Gasteiger partial charge in [0.25, 0.3) is 0 Å². The molecular formula is C11H23NOS. The Morgan fingerprint density at radius 2 is 2.00 bits per heavy atom. The lowest BCUT2D eigenvalue weighted by Gasteiger charge is -2.41. The van der Waals surface area contributed by atoms with Gasteiger partial charge in [0.15, 0.2) is 0 Å². The minimum absolute atomic E-state index is 0.0967. The molecule has 0 aromatic heterocycles. The van der Waals surface area contributed by atoms with E-state index in [0.717, 1.165) is 6.42 Å². The predicted molar refractivity (Wildman–Crippen MR) is 62.7 cm³/mol. The van der Waals surface area contributed by atoms with Crippen molar-refractivity contribution in [3.05, 3.63) is 0 Å². The summed E-state index contributed by atoms with van der Waals surface area (Å²) in [5.41, 5.74) is 6.36. The minimum atomic E-state index is -0.760. The lowest BCUT2D eigenvalue weighted by molar-refractivity contribution is 0.206. The quantitative estimate of drug-likeness (QED) is 0.769. The molecule has 3 heteroatoms. The van der Waals surface area contributed by atoms with E-state index in [1.54, 1.807) is 0 Å². The fourth-order valence-corrected chi connectivity index (χ4v) is 3.97. The first-order valence-corrected chi connectivity index (χ1v) is 6.79. The third kappa shape index (κ3) is 2.37. The van der Waals surface area contributed by atoms with Crippen LogP contribution in [-0.4, -0.2) is 20.8 Å². The molecule has 0 radical (unpaired) electrons. The van der Waals surface area contributed by atoms with Gasteiger partial charge in [0.2, 0.25) is 0 Å². The Labute approximate surface area is 90.1 Å². The summed E-state index contributed by atoms with van der Waals surface area (Å²) >= 11 is 0. The Hall–Kier alpha value is 0.110. The molecule has 1 aliphatic rings. The van der Waals surface area contributed by atoms with Crippen molar-refractivity contribution >= 4 is 10.8 Å². The van der Waals surface area contributed by atoms with Crippen LogP contribution in [0, 0.1) is 5.41 Å². The highest BCUT2D eigenvalue weighted by Gasteiger charge is 2.39. The zero-order chi connectivity index (χ0) is 10.9. The first-order chi connectivity index (χ1) is 6.36. The summed E-state index contributed by atoms with van der Waals surface area (Å²) in [6.45, 7) is 8.43. The Morgan fingerprint density at radius 3 is 2.50 bits per heavy atom. The number of hydrogen-bond donors (Lipinski definition) is 1. The molecule has 0 aromatic carbocycles. The maximum Gasteiger partial charge on any atom is 0.0506 e. The molecule has 0 aliphatic heterocycles. The van der Waals surface area contributed by atoms with E-state index in [1.807, 2.05) is 13.8 Å². The topological polar surface area (TPSA) is 43.1 Å². The number of nitrogens with two attached hydrogens (primary N) is 1. The van der Waals surface area contributed by atoms with E-state index in [9.17, 15) is 4.21 Å². The molecule has 0 bridgehead atoms. The molecule has 0 aromatic rings. The summed E-state index contributed by atoms with van der Waals surface area (Å²) in [5.74, 6) is 0. The Bertz CT molecular complexity index is 225. The van der Waals surface area contributed by atoms with Gasteiger partial charge in [-0.3, -0.25) is 4.21 Å². The van der Waals surface area contributed by atoms with Gasteiger partial charge in [0, 0.05) is 22.1 Å². The minimum Gasteiger partial charge on any atom is -0.326 e. The van der Waals surface area contributed by atoms with Crippen molar-refractivity contribution in [2.45, 2.75) is 63.5 Å². The van der Waals surface area contributed by atoms with Crippen LogP contribution < -0.4 is 5.73 Å². The van der Waals surface area contributed by atoms with Crippen molar-refractivity contribution < 1.29 is 4.21 Å². The van der Waals surface area contributed by atoms with Crippen LogP contribution in [0.2, 0.25) is 0 Å². The third-order valence-corrected chi connectivity index (χ3v) is 5.43. The maximum atomic E-state index is 12.0. The van der Waals surface area contributed by atoms with Crippen LogP contribution in [0.4, 0.5) is 0 Å². The summed E-state index contributed by atoms with van der Waals surface area (Å²) in [5, 5.41) is 0.443. The molecule has 0 heterocycles. The molecule has 3 unspecified atom stereocenters. The average molecular weight is 217 g/mol. The lowest BCUT2D eigenvalue weighted by atomic mass is 9.73. The van der Waals surface area contributed by atoms with Crippen LogP contribution in [0.15, 0.2) is 0 Å². The number of rotatable bonds is 2. The Balaban J connectivity index is 2.75. The van der Waals surface area contributed by atoms with Gasteiger partial charge in [-0.2, -0.15) is 0 Å². The van der Waals surface area contributed by atoms with Crippen LogP contribution in [-0.2, 0) is 10.8 Å². The highest BCUT2D eigenvalue weighted by Crippen LogP contribution is 2.37. The third-order valence-electron chi connectivity index (χ3n) is 3.38. The van der Waals surface area contributed by atoms with E-state index in [1.165, 1.54) is 12.8 Å². The van der Waals surface area contributed by atoms with Gasteiger partial charge in [0.05, 0.1) is 5.25 Å². The molecule has 14 heavy (non-hydrogen) atoms. The van der Waals surface area contributed by atoms with Gasteiger partial charge in [-0.05, 0) is 18.3 Å². The smallest absolute Gasteiger partial charge is 0.0506 e. The zero-order valence-electron chi connectivity index (χ0n) is 9.75. The largest absolute Gasteiger partial charge is 0.326 e. The molecule has 2 N–H and O–H groups in total. The van der Waals surface area contributed by atoms with Crippen LogP contribution in [0.5, 0.6) is 0 Å². The van der Waals surface area contributed by atoms with E-state index < -0.39 is 10.8 Å². The van der Waals surface area contributed by atoms with Crippen molar-refractivity contribution in [2.24, 2.45) is 11.1 Å². The van der Waals surface area contributed by atoms with E-state index in [-0.39, 0.29) is 22.0 Å². The fraction of sp³-hybridized carbons (Fsp3) is 1.00. The molecule has 1 fully saturated rings. The second-order valence-corrected chi connectivity index (χ2v) is 7.53. The molecule has 2 nitrogen and oxygen atoms in total. The fourth-order valence-electron chi connectivity index (χ4n) is 2.22. The normalized spacial score (nSPS) is 34.4. The van der Waals surface area contributed by atoms with Gasteiger partial charge in [-0.15, -0.1) is 0 Å². The summed E-state index contributed by atoms with van der Waals surface area (Å²) in [6.07, 6.45) is 3.37. The second-order valence-electron chi connectivity index (χ2n) is 5.32. The van der Waals surface area contributed by atoms with E-state index >= 15 is 0 Å². The van der Waals surface area contributed by atoms with Crippen LogP contribution in [0.3, 0.4) is 0 Å². The molecular weight excluding hydrogens is 194 g/mol. The van der Waals surface area contributed by atoms with E-state index in [0.29, 0.717) is 0 Å². The van der Waals surface area contributed by atoms with Crippen LogP contribution in [0.25, 0.3) is 0 Å². The van der Waals surface area contributed by atoms with Gasteiger partial charge in [-0.25, -0.2) is 0 Å². The lowest BCUT2D eigenvalue weighted by Crippen LogP contribution is -2.52. The van der Waals surface area contributed by atoms with Crippen molar-refractivity contribution in [2.75, 3.05) is 0 Å². The highest BCUT2D eigenvalue weighted by atomic mass is 32.2.